The first-order valence-electron chi connectivity index (χ1n) is 6.45. The fraction of sp³-hybridized carbons (Fsp3) is 0.571. The minimum atomic E-state index is -0.127. The van der Waals surface area contributed by atoms with Crippen molar-refractivity contribution in [2.24, 2.45) is 5.73 Å². The van der Waals surface area contributed by atoms with Crippen molar-refractivity contribution in [3.63, 3.8) is 0 Å². The molecule has 0 aromatic heterocycles. The number of halogens is 1. The normalized spacial score (nSPS) is 25.3. The summed E-state index contributed by atoms with van der Waals surface area (Å²) in [6, 6.07) is 6.02. The van der Waals surface area contributed by atoms with E-state index in [1.165, 1.54) is 0 Å². The van der Waals surface area contributed by atoms with Crippen molar-refractivity contribution in [1.29, 1.82) is 0 Å². The lowest BCUT2D eigenvalue weighted by Crippen LogP contribution is -2.44. The summed E-state index contributed by atoms with van der Waals surface area (Å²) >= 11 is 2.00. The number of rotatable bonds is 3. The lowest BCUT2D eigenvalue weighted by Gasteiger charge is -2.37. The van der Waals surface area contributed by atoms with Gasteiger partial charge in [-0.15, -0.1) is 0 Å². The number of thioether (sulfide) groups is 1. The van der Waals surface area contributed by atoms with Gasteiger partial charge in [0.1, 0.15) is 5.82 Å². The summed E-state index contributed by atoms with van der Waals surface area (Å²) < 4.78 is 14.1. The van der Waals surface area contributed by atoms with Crippen LogP contribution in [0, 0.1) is 5.82 Å². The van der Waals surface area contributed by atoms with Gasteiger partial charge in [-0.2, -0.15) is 11.8 Å². The molecule has 0 bridgehead atoms. The van der Waals surface area contributed by atoms with E-state index in [4.69, 9.17) is 5.73 Å². The summed E-state index contributed by atoms with van der Waals surface area (Å²) in [5.41, 5.74) is 6.92. The van der Waals surface area contributed by atoms with Gasteiger partial charge in [-0.1, -0.05) is 25.1 Å². The van der Waals surface area contributed by atoms with Crippen LogP contribution in [0.1, 0.15) is 25.0 Å². The third-order valence-electron chi connectivity index (χ3n) is 3.77. The highest BCUT2D eigenvalue weighted by molar-refractivity contribution is 8.00. The van der Waals surface area contributed by atoms with E-state index in [2.05, 4.69) is 18.7 Å². The highest BCUT2D eigenvalue weighted by Crippen LogP contribution is 2.26. The zero-order chi connectivity index (χ0) is 13.1. The van der Waals surface area contributed by atoms with Crippen LogP contribution < -0.4 is 5.73 Å². The highest BCUT2D eigenvalue weighted by atomic mass is 32.2. The Balaban J connectivity index is 2.13. The molecule has 1 aliphatic heterocycles. The maximum absolute atomic E-state index is 14.1. The van der Waals surface area contributed by atoms with Crippen LogP contribution in [0.15, 0.2) is 18.2 Å². The van der Waals surface area contributed by atoms with Gasteiger partial charge in [0, 0.05) is 47.8 Å². The molecular weight excluding hydrogens is 247 g/mol. The molecule has 0 spiro atoms. The van der Waals surface area contributed by atoms with E-state index in [0.717, 1.165) is 17.9 Å². The maximum Gasteiger partial charge on any atom is 0.132 e. The molecule has 0 amide bonds. The lowest BCUT2D eigenvalue weighted by molar-refractivity contribution is 0.202. The van der Waals surface area contributed by atoms with Gasteiger partial charge < -0.3 is 5.73 Å². The Labute approximate surface area is 113 Å². The zero-order valence-corrected chi connectivity index (χ0v) is 11.8. The molecule has 1 aliphatic rings. The number of nitrogens with two attached hydrogens (primary N) is 1. The van der Waals surface area contributed by atoms with Crippen molar-refractivity contribution in [3.05, 3.63) is 35.1 Å². The summed E-state index contributed by atoms with van der Waals surface area (Å²) in [6.45, 7) is 6.45. The average molecular weight is 268 g/mol. The molecule has 100 valence electrons. The first-order chi connectivity index (χ1) is 8.63. The van der Waals surface area contributed by atoms with Crippen LogP contribution in [0.2, 0.25) is 0 Å². The molecule has 1 aromatic rings. The van der Waals surface area contributed by atoms with E-state index in [9.17, 15) is 4.39 Å². The fourth-order valence-electron chi connectivity index (χ4n) is 2.35. The van der Waals surface area contributed by atoms with Gasteiger partial charge in [-0.25, -0.2) is 4.39 Å². The maximum atomic E-state index is 14.1. The number of hydrogen-bond donors (Lipinski definition) is 1. The Morgan fingerprint density at radius 2 is 2.11 bits per heavy atom. The molecule has 1 fully saturated rings. The molecule has 1 aromatic carbocycles. The number of nitrogens with zero attached hydrogens (tertiary/aromatic N) is 1. The second kappa shape index (κ2) is 6.04. The fourth-order valence-corrected chi connectivity index (χ4v) is 3.51. The number of hydrogen-bond acceptors (Lipinski definition) is 3. The van der Waals surface area contributed by atoms with Gasteiger partial charge >= 0.3 is 0 Å². The predicted octanol–water partition coefficient (Wildman–Crippen LogP) is 2.61. The van der Waals surface area contributed by atoms with Crippen LogP contribution in [0.4, 0.5) is 4.39 Å². The summed E-state index contributed by atoms with van der Waals surface area (Å²) in [5, 5.41) is 0.611. The summed E-state index contributed by atoms with van der Waals surface area (Å²) in [7, 11) is 0. The first-order valence-corrected chi connectivity index (χ1v) is 7.50. The lowest BCUT2D eigenvalue weighted by atomic mass is 10.1. The van der Waals surface area contributed by atoms with E-state index in [1.54, 1.807) is 6.07 Å². The van der Waals surface area contributed by atoms with E-state index >= 15 is 0 Å². The average Bonchev–Trinajstić information content (AvgIpc) is 2.37. The van der Waals surface area contributed by atoms with Crippen molar-refractivity contribution in [3.8, 4) is 0 Å². The van der Waals surface area contributed by atoms with Gasteiger partial charge in [0.15, 0.2) is 0 Å². The minimum absolute atomic E-state index is 0.127. The summed E-state index contributed by atoms with van der Waals surface area (Å²) in [5.74, 6) is 1.00. The molecular formula is C14H21FN2S. The Morgan fingerprint density at radius 1 is 1.39 bits per heavy atom. The summed E-state index contributed by atoms with van der Waals surface area (Å²) in [4.78, 5) is 2.36. The molecule has 18 heavy (non-hydrogen) atoms. The molecule has 2 N–H and O–H groups in total. The third kappa shape index (κ3) is 2.87. The van der Waals surface area contributed by atoms with E-state index in [0.29, 0.717) is 23.4 Å². The van der Waals surface area contributed by atoms with Crippen LogP contribution in [-0.4, -0.2) is 28.5 Å². The molecule has 2 atom stereocenters. The topological polar surface area (TPSA) is 29.3 Å². The number of benzene rings is 1. The van der Waals surface area contributed by atoms with Crippen LogP contribution in [-0.2, 0) is 13.1 Å². The second-order valence-electron chi connectivity index (χ2n) is 4.88. The molecule has 1 heterocycles. The van der Waals surface area contributed by atoms with E-state index < -0.39 is 0 Å². The highest BCUT2D eigenvalue weighted by Gasteiger charge is 2.25. The Bertz CT molecular complexity index is 411. The van der Waals surface area contributed by atoms with Gasteiger partial charge in [-0.05, 0) is 6.92 Å². The smallest absolute Gasteiger partial charge is 0.132 e. The van der Waals surface area contributed by atoms with E-state index in [1.807, 2.05) is 23.9 Å². The molecule has 2 unspecified atom stereocenters. The standard InChI is InChI=1S/C14H21FN2S/c1-10-11(2)18-7-6-17(10)9-13-5-3-4-12(8-16)14(13)15/h3-5,10-11H,6-9,16H2,1-2H3. The van der Waals surface area contributed by atoms with Crippen molar-refractivity contribution in [1.82, 2.24) is 4.90 Å². The Morgan fingerprint density at radius 3 is 2.83 bits per heavy atom. The molecule has 0 saturated carbocycles. The van der Waals surface area contributed by atoms with E-state index in [-0.39, 0.29) is 12.4 Å². The van der Waals surface area contributed by atoms with Gasteiger partial charge in [0.25, 0.3) is 0 Å². The van der Waals surface area contributed by atoms with Crippen molar-refractivity contribution >= 4 is 11.8 Å². The quantitative estimate of drug-likeness (QED) is 0.913. The third-order valence-corrected chi connectivity index (χ3v) is 5.10. The van der Waals surface area contributed by atoms with Crippen molar-refractivity contribution < 1.29 is 4.39 Å². The van der Waals surface area contributed by atoms with Gasteiger partial charge in [-0.3, -0.25) is 4.90 Å². The molecule has 4 heteroatoms. The van der Waals surface area contributed by atoms with Crippen LogP contribution in [0.3, 0.4) is 0 Å². The first kappa shape index (κ1) is 13.8. The van der Waals surface area contributed by atoms with Crippen molar-refractivity contribution in [2.75, 3.05) is 12.3 Å². The van der Waals surface area contributed by atoms with Crippen LogP contribution >= 0.6 is 11.8 Å². The molecule has 0 radical (unpaired) electrons. The van der Waals surface area contributed by atoms with Gasteiger partial charge in [0.05, 0.1) is 0 Å². The zero-order valence-electron chi connectivity index (χ0n) is 11.0. The summed E-state index contributed by atoms with van der Waals surface area (Å²) in [6.07, 6.45) is 0. The Hall–Kier alpha value is -0.580. The molecule has 2 nitrogen and oxygen atoms in total. The largest absolute Gasteiger partial charge is 0.326 e. The Kier molecular flexibility index (Phi) is 4.65. The van der Waals surface area contributed by atoms with Crippen LogP contribution in [0.25, 0.3) is 0 Å². The van der Waals surface area contributed by atoms with Crippen molar-refractivity contribution in [2.45, 2.75) is 38.2 Å². The SMILES string of the molecule is CC1SCCN(Cc2cccc(CN)c2F)C1C. The predicted molar refractivity (Wildman–Crippen MR) is 76.1 cm³/mol. The molecule has 0 aliphatic carbocycles. The second-order valence-corrected chi connectivity index (χ2v) is 6.37. The monoisotopic (exact) mass is 268 g/mol. The molecule has 2 rings (SSSR count). The molecule has 1 saturated heterocycles. The minimum Gasteiger partial charge on any atom is -0.326 e. The van der Waals surface area contributed by atoms with Crippen LogP contribution in [0.5, 0.6) is 0 Å². The van der Waals surface area contributed by atoms with Gasteiger partial charge in [0.2, 0.25) is 0 Å².